The molecule has 0 spiro atoms. The molecule has 0 aliphatic carbocycles. The van der Waals surface area contributed by atoms with Crippen molar-refractivity contribution in [1.82, 2.24) is 15.1 Å². The Hall–Kier alpha value is -1.32. The van der Waals surface area contributed by atoms with Crippen LogP contribution in [0.4, 0.5) is 0 Å². The molecule has 0 saturated heterocycles. The lowest BCUT2D eigenvalue weighted by Gasteiger charge is -2.19. The number of nitrogens with one attached hydrogen (secondary N) is 1. The van der Waals surface area contributed by atoms with Crippen LogP contribution in [0.1, 0.15) is 40.9 Å². The number of halogens is 1. The maximum absolute atomic E-state index is 6.38. The molecule has 0 amide bonds. The van der Waals surface area contributed by atoms with Gasteiger partial charge in [-0.15, -0.1) is 0 Å². The Morgan fingerprint density at radius 3 is 2.29 bits per heavy atom. The van der Waals surface area contributed by atoms with Crippen molar-refractivity contribution in [3.05, 3.63) is 51.3 Å². The van der Waals surface area contributed by atoms with Gasteiger partial charge in [0.2, 0.25) is 0 Å². The SMILES string of the molecule is CCNC(Cc1c(C)nn(C)c1Cl)c1cc(C)cc(C)c1. The van der Waals surface area contributed by atoms with Crippen LogP contribution in [0.2, 0.25) is 5.15 Å². The second kappa shape index (κ2) is 6.63. The summed E-state index contributed by atoms with van der Waals surface area (Å²) in [6.07, 6.45) is 0.856. The Morgan fingerprint density at radius 2 is 1.81 bits per heavy atom. The van der Waals surface area contributed by atoms with E-state index in [0.717, 1.165) is 29.4 Å². The van der Waals surface area contributed by atoms with E-state index in [9.17, 15) is 0 Å². The molecule has 1 aromatic carbocycles. The first-order chi connectivity index (χ1) is 9.92. The molecule has 0 fully saturated rings. The molecule has 1 unspecified atom stereocenters. The largest absolute Gasteiger partial charge is 0.310 e. The zero-order chi connectivity index (χ0) is 15.6. The smallest absolute Gasteiger partial charge is 0.130 e. The molecule has 21 heavy (non-hydrogen) atoms. The Labute approximate surface area is 132 Å². The molecule has 3 nitrogen and oxygen atoms in total. The number of rotatable bonds is 5. The molecule has 0 bridgehead atoms. The van der Waals surface area contributed by atoms with Gasteiger partial charge in [-0.25, -0.2) is 0 Å². The van der Waals surface area contributed by atoms with Crippen molar-refractivity contribution in [3.63, 3.8) is 0 Å². The molecule has 0 aliphatic heterocycles. The van der Waals surface area contributed by atoms with E-state index < -0.39 is 0 Å². The number of hydrogen-bond donors (Lipinski definition) is 1. The predicted octanol–water partition coefficient (Wildman–Crippen LogP) is 3.89. The van der Waals surface area contributed by atoms with Gasteiger partial charge < -0.3 is 5.32 Å². The summed E-state index contributed by atoms with van der Waals surface area (Å²) >= 11 is 6.38. The van der Waals surface area contributed by atoms with Gasteiger partial charge in [-0.1, -0.05) is 47.9 Å². The van der Waals surface area contributed by atoms with Crippen LogP contribution in [0.5, 0.6) is 0 Å². The zero-order valence-corrected chi connectivity index (χ0v) is 14.3. The third-order valence-corrected chi connectivity index (χ3v) is 4.25. The second-order valence-electron chi connectivity index (χ2n) is 5.71. The van der Waals surface area contributed by atoms with Crippen molar-refractivity contribution in [3.8, 4) is 0 Å². The maximum Gasteiger partial charge on any atom is 0.130 e. The summed E-state index contributed by atoms with van der Waals surface area (Å²) in [4.78, 5) is 0. The zero-order valence-electron chi connectivity index (χ0n) is 13.5. The second-order valence-corrected chi connectivity index (χ2v) is 6.07. The van der Waals surface area contributed by atoms with Crippen LogP contribution in [0.25, 0.3) is 0 Å². The van der Waals surface area contributed by atoms with E-state index in [4.69, 9.17) is 11.6 Å². The third-order valence-electron chi connectivity index (χ3n) is 3.78. The van der Waals surface area contributed by atoms with Gasteiger partial charge in [-0.2, -0.15) is 5.10 Å². The standard InChI is InChI=1S/C17H24ClN3/c1-6-19-16(14-8-11(2)7-12(3)9-14)10-15-13(4)20-21(5)17(15)18/h7-9,16,19H,6,10H2,1-5H3. The van der Waals surface area contributed by atoms with E-state index in [0.29, 0.717) is 0 Å². The average Bonchev–Trinajstić information content (AvgIpc) is 2.63. The summed E-state index contributed by atoms with van der Waals surface area (Å²) in [5.74, 6) is 0. The van der Waals surface area contributed by atoms with Crippen molar-refractivity contribution in [2.45, 2.75) is 40.2 Å². The van der Waals surface area contributed by atoms with Gasteiger partial charge in [0.15, 0.2) is 0 Å². The fraction of sp³-hybridized carbons (Fsp3) is 0.471. The number of likely N-dealkylation sites (N-methyl/N-ethyl adjacent to an activating group) is 1. The quantitative estimate of drug-likeness (QED) is 0.908. The van der Waals surface area contributed by atoms with Gasteiger partial charge in [-0.3, -0.25) is 4.68 Å². The van der Waals surface area contributed by atoms with Crippen LogP contribution < -0.4 is 5.32 Å². The van der Waals surface area contributed by atoms with E-state index in [-0.39, 0.29) is 6.04 Å². The van der Waals surface area contributed by atoms with Crippen molar-refractivity contribution >= 4 is 11.6 Å². The summed E-state index contributed by atoms with van der Waals surface area (Å²) in [6, 6.07) is 6.96. The summed E-state index contributed by atoms with van der Waals surface area (Å²) in [6.45, 7) is 9.36. The Kier molecular flexibility index (Phi) is 5.07. The molecule has 2 rings (SSSR count). The molecule has 2 aromatic rings. The summed E-state index contributed by atoms with van der Waals surface area (Å²) in [7, 11) is 1.89. The molecule has 0 saturated carbocycles. The molecule has 0 aliphatic rings. The lowest BCUT2D eigenvalue weighted by Crippen LogP contribution is -2.23. The molecule has 1 N–H and O–H groups in total. The molecule has 1 atom stereocenters. The number of aryl methyl sites for hydroxylation is 4. The van der Waals surface area contributed by atoms with Crippen molar-refractivity contribution in [1.29, 1.82) is 0 Å². The fourth-order valence-electron chi connectivity index (χ4n) is 2.88. The van der Waals surface area contributed by atoms with E-state index in [2.05, 4.69) is 49.4 Å². The third kappa shape index (κ3) is 3.66. The van der Waals surface area contributed by atoms with Crippen LogP contribution >= 0.6 is 11.6 Å². The Balaban J connectivity index is 2.35. The van der Waals surface area contributed by atoms with Gasteiger partial charge in [0.25, 0.3) is 0 Å². The molecule has 114 valence electrons. The highest BCUT2D eigenvalue weighted by atomic mass is 35.5. The highest BCUT2D eigenvalue weighted by Crippen LogP contribution is 2.26. The summed E-state index contributed by atoms with van der Waals surface area (Å²) in [5.41, 5.74) is 6.04. The van der Waals surface area contributed by atoms with Crippen molar-refractivity contribution in [2.24, 2.45) is 7.05 Å². The molecule has 1 aromatic heterocycles. The van der Waals surface area contributed by atoms with Crippen molar-refractivity contribution < 1.29 is 0 Å². The topological polar surface area (TPSA) is 29.9 Å². The van der Waals surface area contributed by atoms with Crippen LogP contribution in [0, 0.1) is 20.8 Å². The number of aromatic nitrogens is 2. The highest BCUT2D eigenvalue weighted by molar-refractivity contribution is 6.30. The predicted molar refractivity (Wildman–Crippen MR) is 89.0 cm³/mol. The molecule has 4 heteroatoms. The number of nitrogens with zero attached hydrogens (tertiary/aromatic N) is 2. The minimum absolute atomic E-state index is 0.258. The monoisotopic (exact) mass is 305 g/mol. The summed E-state index contributed by atoms with van der Waals surface area (Å²) in [5, 5.41) is 8.72. The highest BCUT2D eigenvalue weighted by Gasteiger charge is 2.18. The molecule has 0 radical (unpaired) electrons. The molecule has 1 heterocycles. The lowest BCUT2D eigenvalue weighted by molar-refractivity contribution is 0.548. The minimum Gasteiger partial charge on any atom is -0.310 e. The average molecular weight is 306 g/mol. The van der Waals surface area contributed by atoms with E-state index >= 15 is 0 Å². The Bertz CT molecular complexity index is 611. The van der Waals surface area contributed by atoms with Crippen LogP contribution in [-0.2, 0) is 13.5 Å². The van der Waals surface area contributed by atoms with Gasteiger partial charge in [0, 0.05) is 18.7 Å². The number of hydrogen-bond acceptors (Lipinski definition) is 2. The van der Waals surface area contributed by atoms with E-state index in [1.807, 2.05) is 14.0 Å². The first-order valence-electron chi connectivity index (χ1n) is 7.42. The van der Waals surface area contributed by atoms with Crippen LogP contribution in [0.3, 0.4) is 0 Å². The van der Waals surface area contributed by atoms with Gasteiger partial charge >= 0.3 is 0 Å². The van der Waals surface area contributed by atoms with E-state index in [1.165, 1.54) is 16.7 Å². The first kappa shape index (κ1) is 16.1. The minimum atomic E-state index is 0.258. The molecular weight excluding hydrogens is 282 g/mol. The summed E-state index contributed by atoms with van der Waals surface area (Å²) < 4.78 is 1.75. The lowest BCUT2D eigenvalue weighted by atomic mass is 9.96. The molecular formula is C17H24ClN3. The first-order valence-corrected chi connectivity index (χ1v) is 7.79. The number of benzene rings is 1. The van der Waals surface area contributed by atoms with Gasteiger partial charge in [0.05, 0.1) is 5.69 Å². The normalized spacial score (nSPS) is 12.7. The Morgan fingerprint density at radius 1 is 1.19 bits per heavy atom. The van der Waals surface area contributed by atoms with Crippen LogP contribution in [-0.4, -0.2) is 16.3 Å². The maximum atomic E-state index is 6.38. The van der Waals surface area contributed by atoms with Gasteiger partial charge in [0.1, 0.15) is 5.15 Å². The van der Waals surface area contributed by atoms with Crippen LogP contribution in [0.15, 0.2) is 18.2 Å². The van der Waals surface area contributed by atoms with Gasteiger partial charge in [-0.05, 0) is 39.3 Å². The van der Waals surface area contributed by atoms with E-state index in [1.54, 1.807) is 4.68 Å². The fourth-order valence-corrected chi connectivity index (χ4v) is 3.13. The van der Waals surface area contributed by atoms with Crippen molar-refractivity contribution in [2.75, 3.05) is 6.54 Å².